The summed E-state index contributed by atoms with van der Waals surface area (Å²) in [5.74, 6) is 0.701. The van der Waals surface area contributed by atoms with E-state index >= 15 is 0 Å². The first-order valence-corrected chi connectivity index (χ1v) is 6.56. The predicted molar refractivity (Wildman–Crippen MR) is 62.4 cm³/mol. The second-order valence-electron chi connectivity index (χ2n) is 3.12. The van der Waals surface area contributed by atoms with E-state index in [0.29, 0.717) is 16.8 Å². The molecule has 3 aromatic heterocycles. The first-order valence-electron chi connectivity index (χ1n) is 4.69. The highest BCUT2D eigenvalue weighted by Gasteiger charge is 2.12. The summed E-state index contributed by atoms with van der Waals surface area (Å²) < 4.78 is 6.70. The largest absolute Gasteiger partial charge is 0.396 e. The number of nitrogens with zero attached hydrogens (tertiary/aromatic N) is 4. The van der Waals surface area contributed by atoms with Crippen LogP contribution in [0.15, 0.2) is 33.5 Å². The van der Waals surface area contributed by atoms with Gasteiger partial charge in [0.2, 0.25) is 0 Å². The number of hydrogen-bond donors (Lipinski definition) is 0. The molecule has 3 heterocycles. The fourth-order valence-corrected chi connectivity index (χ4v) is 2.68. The summed E-state index contributed by atoms with van der Waals surface area (Å²) in [5.41, 5.74) is 0. The minimum atomic E-state index is 0.0685. The van der Waals surface area contributed by atoms with Gasteiger partial charge in [-0.25, -0.2) is 0 Å². The van der Waals surface area contributed by atoms with E-state index in [1.54, 1.807) is 6.07 Å². The first kappa shape index (κ1) is 10.5. The van der Waals surface area contributed by atoms with Crippen LogP contribution in [-0.4, -0.2) is 31.3 Å². The van der Waals surface area contributed by atoms with Crippen molar-refractivity contribution in [3.05, 3.63) is 28.7 Å². The second kappa shape index (κ2) is 4.30. The van der Waals surface area contributed by atoms with Gasteiger partial charge in [0.1, 0.15) is 6.33 Å². The van der Waals surface area contributed by atoms with Gasteiger partial charge in [-0.15, -0.1) is 21.5 Å². The Balaban J connectivity index is 1.68. The van der Waals surface area contributed by atoms with E-state index in [-0.39, 0.29) is 5.78 Å². The Bertz CT molecular complexity index is 614. The van der Waals surface area contributed by atoms with Crippen molar-refractivity contribution >= 4 is 34.7 Å². The Morgan fingerprint density at radius 1 is 1.59 bits per heavy atom. The van der Waals surface area contributed by atoms with E-state index in [9.17, 15) is 4.79 Å². The Labute approximate surface area is 104 Å². The van der Waals surface area contributed by atoms with Crippen LogP contribution in [0, 0.1) is 0 Å². The van der Waals surface area contributed by atoms with Gasteiger partial charge >= 0.3 is 5.84 Å². The molecular weight excluding hydrogens is 260 g/mol. The topological polar surface area (TPSA) is 73.3 Å². The highest BCUT2D eigenvalue weighted by atomic mass is 32.2. The average Bonchev–Trinajstić information content (AvgIpc) is 3.01. The van der Waals surface area contributed by atoms with Crippen molar-refractivity contribution in [2.45, 2.75) is 5.22 Å². The van der Waals surface area contributed by atoms with Crippen molar-refractivity contribution in [2.24, 2.45) is 0 Å². The highest BCUT2D eigenvalue weighted by molar-refractivity contribution is 7.99. The van der Waals surface area contributed by atoms with E-state index in [2.05, 4.69) is 15.3 Å². The molecule has 0 fully saturated rings. The van der Waals surface area contributed by atoms with Gasteiger partial charge < -0.3 is 4.42 Å². The molecule has 0 atom stereocenters. The summed E-state index contributed by atoms with van der Waals surface area (Å²) in [7, 11) is 0. The molecule has 0 saturated heterocycles. The molecule has 0 spiro atoms. The predicted octanol–water partition coefficient (Wildman–Crippen LogP) is 1.75. The smallest absolute Gasteiger partial charge is 0.345 e. The van der Waals surface area contributed by atoms with Crippen LogP contribution in [0.5, 0.6) is 0 Å². The normalized spacial score (nSPS) is 11.1. The minimum Gasteiger partial charge on any atom is -0.396 e. The molecule has 86 valence electrons. The Morgan fingerprint density at radius 2 is 2.53 bits per heavy atom. The van der Waals surface area contributed by atoms with Gasteiger partial charge in [-0.2, -0.15) is 4.52 Å². The van der Waals surface area contributed by atoms with Crippen molar-refractivity contribution < 1.29 is 9.21 Å². The molecule has 0 radical (unpaired) electrons. The quantitative estimate of drug-likeness (QED) is 0.529. The zero-order valence-electron chi connectivity index (χ0n) is 8.44. The van der Waals surface area contributed by atoms with Crippen molar-refractivity contribution in [2.75, 3.05) is 5.75 Å². The fourth-order valence-electron chi connectivity index (χ4n) is 1.24. The van der Waals surface area contributed by atoms with Crippen molar-refractivity contribution in [1.29, 1.82) is 0 Å². The number of rotatable bonds is 4. The summed E-state index contributed by atoms with van der Waals surface area (Å²) in [6, 6.07) is 3.66. The Kier molecular flexibility index (Phi) is 2.65. The Hall–Kier alpha value is -1.67. The molecular formula is C9H6N4O2S2. The van der Waals surface area contributed by atoms with E-state index in [0.717, 1.165) is 4.88 Å². The molecule has 0 bridgehead atoms. The van der Waals surface area contributed by atoms with Crippen molar-refractivity contribution in [1.82, 2.24) is 19.8 Å². The van der Waals surface area contributed by atoms with Crippen molar-refractivity contribution in [3.8, 4) is 0 Å². The van der Waals surface area contributed by atoms with Gasteiger partial charge in [0.25, 0.3) is 5.22 Å². The summed E-state index contributed by atoms with van der Waals surface area (Å²) in [4.78, 5) is 12.5. The maximum atomic E-state index is 11.7. The average molecular weight is 266 g/mol. The van der Waals surface area contributed by atoms with E-state index in [1.807, 2.05) is 11.4 Å². The third kappa shape index (κ3) is 2.08. The van der Waals surface area contributed by atoms with Crippen LogP contribution < -0.4 is 0 Å². The molecule has 0 amide bonds. The zero-order chi connectivity index (χ0) is 11.7. The standard InChI is InChI=1S/C9H6N4O2S2/c14-6(7-2-1-3-16-7)4-17-9-12-13-5-10-11-8(13)15-9/h1-3,5H,4H2. The number of ketones is 1. The first-order chi connectivity index (χ1) is 8.33. The third-order valence-electron chi connectivity index (χ3n) is 1.99. The maximum Gasteiger partial charge on any atom is 0.345 e. The molecule has 0 N–H and O–H groups in total. The van der Waals surface area contributed by atoms with Gasteiger partial charge in [0.05, 0.1) is 10.6 Å². The molecule has 0 aliphatic rings. The third-order valence-corrected chi connectivity index (χ3v) is 3.72. The van der Waals surface area contributed by atoms with E-state index < -0.39 is 0 Å². The molecule has 0 aliphatic heterocycles. The van der Waals surface area contributed by atoms with Gasteiger partial charge in [0, 0.05) is 0 Å². The van der Waals surface area contributed by atoms with E-state index in [1.165, 1.54) is 33.9 Å². The molecule has 3 aromatic rings. The van der Waals surface area contributed by atoms with Crippen LogP contribution in [0.4, 0.5) is 0 Å². The van der Waals surface area contributed by atoms with Crippen LogP contribution in [0.1, 0.15) is 9.67 Å². The number of thioether (sulfide) groups is 1. The number of hydrogen-bond acceptors (Lipinski definition) is 7. The number of thiophene rings is 1. The number of fused-ring (bicyclic) bond motifs is 1. The van der Waals surface area contributed by atoms with Gasteiger partial charge in [-0.3, -0.25) is 4.79 Å². The van der Waals surface area contributed by atoms with Gasteiger partial charge in [-0.1, -0.05) is 22.9 Å². The molecule has 0 aromatic carbocycles. The van der Waals surface area contributed by atoms with Crippen LogP contribution in [-0.2, 0) is 0 Å². The lowest BCUT2D eigenvalue weighted by Crippen LogP contribution is -1.99. The summed E-state index contributed by atoms with van der Waals surface area (Å²) in [6.45, 7) is 0. The van der Waals surface area contributed by atoms with Gasteiger partial charge in [-0.05, 0) is 11.4 Å². The van der Waals surface area contributed by atoms with Gasteiger partial charge in [0.15, 0.2) is 5.78 Å². The number of Topliss-reactive ketones (excluding diaryl/α,β-unsaturated/α-hetero) is 1. The molecule has 6 nitrogen and oxygen atoms in total. The number of aromatic nitrogens is 4. The summed E-state index contributed by atoms with van der Waals surface area (Å²) >= 11 is 2.68. The highest BCUT2D eigenvalue weighted by Crippen LogP contribution is 2.20. The monoisotopic (exact) mass is 266 g/mol. The molecule has 0 saturated carbocycles. The maximum absolute atomic E-state index is 11.7. The summed E-state index contributed by atoms with van der Waals surface area (Å²) in [6.07, 6.45) is 1.45. The SMILES string of the molecule is O=C(CSc1nn2cnnc2o1)c1cccs1. The number of carbonyl (C=O) groups is 1. The molecule has 3 rings (SSSR count). The lowest BCUT2D eigenvalue weighted by atomic mass is 10.4. The van der Waals surface area contributed by atoms with Crippen LogP contribution in [0.3, 0.4) is 0 Å². The second-order valence-corrected chi connectivity index (χ2v) is 4.99. The Morgan fingerprint density at radius 3 is 3.29 bits per heavy atom. The molecule has 0 aliphatic carbocycles. The summed E-state index contributed by atoms with van der Waals surface area (Å²) in [5, 5.41) is 13.7. The van der Waals surface area contributed by atoms with Crippen molar-refractivity contribution in [3.63, 3.8) is 0 Å². The fraction of sp³-hybridized carbons (Fsp3) is 0.111. The molecule has 8 heteroatoms. The van der Waals surface area contributed by atoms with Crippen LogP contribution >= 0.6 is 23.1 Å². The lowest BCUT2D eigenvalue weighted by Gasteiger charge is -1.93. The van der Waals surface area contributed by atoms with Crippen LogP contribution in [0.25, 0.3) is 5.84 Å². The van der Waals surface area contributed by atoms with E-state index in [4.69, 9.17) is 4.42 Å². The molecule has 0 unspecified atom stereocenters. The minimum absolute atomic E-state index is 0.0685. The lowest BCUT2D eigenvalue weighted by molar-refractivity contribution is 0.102. The molecule has 17 heavy (non-hydrogen) atoms. The van der Waals surface area contributed by atoms with Crippen LogP contribution in [0.2, 0.25) is 0 Å². The zero-order valence-corrected chi connectivity index (χ0v) is 10.1. The number of carbonyl (C=O) groups excluding carboxylic acids is 1.